The molecule has 0 unspecified atom stereocenters. The average molecular weight is 440 g/mol. The van der Waals surface area contributed by atoms with E-state index in [-0.39, 0.29) is 29.6 Å². The van der Waals surface area contributed by atoms with Crippen molar-refractivity contribution >= 4 is 31.0 Å². The van der Waals surface area contributed by atoms with E-state index in [1.54, 1.807) is 0 Å². The van der Waals surface area contributed by atoms with E-state index in [0.29, 0.717) is 17.4 Å². The summed E-state index contributed by atoms with van der Waals surface area (Å²) in [6.07, 6.45) is 2.30. The molecule has 29 heavy (non-hydrogen) atoms. The monoisotopic (exact) mass is 439 g/mol. The summed E-state index contributed by atoms with van der Waals surface area (Å²) in [5.74, 6) is -0.678. The third kappa shape index (κ3) is 3.75. The van der Waals surface area contributed by atoms with Crippen LogP contribution in [-0.2, 0) is 18.6 Å². The molecule has 0 saturated carbocycles. The predicted molar refractivity (Wildman–Crippen MR) is 113 cm³/mol. The second kappa shape index (κ2) is 7.00. The number of fused-ring (bicyclic) bond motifs is 2. The van der Waals surface area contributed by atoms with Gasteiger partial charge in [-0.15, -0.1) is 0 Å². The van der Waals surface area contributed by atoms with Crippen LogP contribution < -0.4 is 0 Å². The van der Waals surface area contributed by atoms with Gasteiger partial charge in [0.25, 0.3) is 0 Å². The van der Waals surface area contributed by atoms with Crippen LogP contribution >= 0.6 is 11.6 Å². The molecule has 2 saturated heterocycles. The van der Waals surface area contributed by atoms with Crippen LogP contribution in [0.5, 0.6) is 0 Å². The van der Waals surface area contributed by atoms with Crippen molar-refractivity contribution in [3.8, 4) is 0 Å². The highest BCUT2D eigenvalue weighted by Crippen LogP contribution is 2.45. The Morgan fingerprint density at radius 2 is 1.90 bits per heavy atom. The Bertz CT molecular complexity index is 911. The minimum Gasteiger partial charge on any atom is -0.414 e. The van der Waals surface area contributed by atoms with Gasteiger partial charge in [0.15, 0.2) is 20.3 Å². The Morgan fingerprint density at radius 1 is 1.21 bits per heavy atom. The molecule has 4 atom stereocenters. The molecule has 0 amide bonds. The molecule has 0 spiro atoms. The van der Waals surface area contributed by atoms with E-state index in [1.807, 2.05) is 30.7 Å². The smallest absolute Gasteiger partial charge is 0.192 e. The maximum atomic E-state index is 6.45. The summed E-state index contributed by atoms with van der Waals surface area (Å²) in [6.45, 7) is 15.5. The lowest BCUT2D eigenvalue weighted by atomic mass is 10.1. The molecule has 0 bridgehead atoms. The lowest BCUT2D eigenvalue weighted by Gasteiger charge is -2.37. The summed E-state index contributed by atoms with van der Waals surface area (Å²) in [6, 6.07) is 1.90. The van der Waals surface area contributed by atoms with Crippen molar-refractivity contribution in [1.82, 2.24) is 14.5 Å². The fraction of sp³-hybridized carbons (Fsp3) is 0.700. The molecule has 2 aromatic rings. The fourth-order valence-corrected chi connectivity index (χ4v) is 4.87. The molecule has 2 fully saturated rings. The van der Waals surface area contributed by atoms with Gasteiger partial charge in [-0.3, -0.25) is 0 Å². The first kappa shape index (κ1) is 21.2. The highest BCUT2D eigenvalue weighted by atomic mass is 35.5. The van der Waals surface area contributed by atoms with E-state index >= 15 is 0 Å². The number of aromatic nitrogens is 3. The second-order valence-electron chi connectivity index (χ2n) is 9.83. The van der Waals surface area contributed by atoms with Gasteiger partial charge in [0, 0.05) is 6.20 Å². The summed E-state index contributed by atoms with van der Waals surface area (Å²) >= 11 is 6.23. The number of ether oxygens (including phenoxy) is 3. The van der Waals surface area contributed by atoms with Gasteiger partial charge in [-0.1, -0.05) is 32.4 Å². The first-order valence-electron chi connectivity index (χ1n) is 10.0. The highest BCUT2D eigenvalue weighted by Gasteiger charge is 2.56. The van der Waals surface area contributed by atoms with Crippen molar-refractivity contribution in [2.75, 3.05) is 6.61 Å². The Balaban J connectivity index is 1.62. The van der Waals surface area contributed by atoms with Crippen LogP contribution in [0.15, 0.2) is 18.6 Å². The van der Waals surface area contributed by atoms with Gasteiger partial charge in [-0.05, 0) is 38.0 Å². The summed E-state index contributed by atoms with van der Waals surface area (Å²) in [7, 11) is -1.91. The predicted octanol–water partition coefficient (Wildman–Crippen LogP) is 4.52. The minimum atomic E-state index is -1.91. The van der Waals surface area contributed by atoms with Crippen molar-refractivity contribution in [3.63, 3.8) is 0 Å². The molecular weight excluding hydrogens is 410 g/mol. The Morgan fingerprint density at radius 3 is 2.59 bits per heavy atom. The van der Waals surface area contributed by atoms with E-state index in [1.165, 1.54) is 6.33 Å². The second-order valence-corrected chi connectivity index (χ2v) is 15.0. The van der Waals surface area contributed by atoms with E-state index in [9.17, 15) is 0 Å². The Hall–Kier alpha value is -1.03. The van der Waals surface area contributed by atoms with Crippen LogP contribution in [-0.4, -0.2) is 53.6 Å². The fourth-order valence-electron chi connectivity index (χ4n) is 3.67. The molecule has 160 valence electrons. The summed E-state index contributed by atoms with van der Waals surface area (Å²) in [5.41, 5.74) is 0.716. The molecule has 0 aliphatic carbocycles. The van der Waals surface area contributed by atoms with E-state index < -0.39 is 14.1 Å². The standard InChI is InChI=1S/C20H30ClN3O4Si/c1-19(2,3)29(6,7)25-10-13-14-15(28-20(4,5)27-14)18(26-13)24-9-8-12-16(21)22-11-23-17(12)24/h8-9,11,13-15,18H,10H2,1-7H3/t13-,14+,15+,18-/m1/s1. The van der Waals surface area contributed by atoms with E-state index in [0.717, 1.165) is 5.39 Å². The zero-order valence-electron chi connectivity index (χ0n) is 18.1. The average Bonchev–Trinajstić information content (AvgIpc) is 3.24. The maximum Gasteiger partial charge on any atom is 0.192 e. The van der Waals surface area contributed by atoms with Gasteiger partial charge in [-0.2, -0.15) is 0 Å². The van der Waals surface area contributed by atoms with Crippen LogP contribution in [0.25, 0.3) is 11.0 Å². The topological polar surface area (TPSA) is 67.6 Å². The number of hydrogen-bond donors (Lipinski definition) is 0. The lowest BCUT2D eigenvalue weighted by molar-refractivity contribution is -0.199. The molecule has 2 aliphatic rings. The number of halogens is 1. The first-order valence-corrected chi connectivity index (χ1v) is 13.3. The zero-order chi connectivity index (χ0) is 21.2. The minimum absolute atomic E-state index is 0.126. The maximum absolute atomic E-state index is 6.45. The van der Waals surface area contributed by atoms with Gasteiger partial charge >= 0.3 is 0 Å². The molecule has 0 N–H and O–H groups in total. The molecule has 4 rings (SSSR count). The molecule has 7 nitrogen and oxygen atoms in total. The van der Waals surface area contributed by atoms with E-state index in [2.05, 4.69) is 43.8 Å². The highest BCUT2D eigenvalue weighted by molar-refractivity contribution is 6.74. The van der Waals surface area contributed by atoms with Gasteiger partial charge in [0.1, 0.15) is 35.4 Å². The molecular formula is C20H30ClN3O4Si. The largest absolute Gasteiger partial charge is 0.414 e. The quantitative estimate of drug-likeness (QED) is 0.515. The van der Waals surface area contributed by atoms with Gasteiger partial charge in [-0.25, -0.2) is 9.97 Å². The van der Waals surface area contributed by atoms with Crippen molar-refractivity contribution in [2.24, 2.45) is 0 Å². The van der Waals surface area contributed by atoms with Crippen LogP contribution in [0.4, 0.5) is 0 Å². The van der Waals surface area contributed by atoms with Crippen LogP contribution in [0.3, 0.4) is 0 Å². The van der Waals surface area contributed by atoms with Gasteiger partial charge in [0.2, 0.25) is 0 Å². The van der Waals surface area contributed by atoms with Gasteiger partial charge < -0.3 is 23.2 Å². The third-order valence-electron chi connectivity index (χ3n) is 6.27. The number of nitrogens with zero attached hydrogens (tertiary/aromatic N) is 3. The Kier molecular flexibility index (Phi) is 5.12. The SMILES string of the molecule is CC1(C)O[C@@H]2[C@H](O1)[C@H](n1ccc3c(Cl)ncnc31)O[C@@H]2CO[Si](C)(C)C(C)(C)C. The molecule has 0 aromatic carbocycles. The summed E-state index contributed by atoms with van der Waals surface area (Å²) in [5, 5.41) is 1.33. The molecule has 4 heterocycles. The zero-order valence-corrected chi connectivity index (χ0v) is 19.9. The molecule has 2 aromatic heterocycles. The van der Waals surface area contributed by atoms with Crippen LogP contribution in [0, 0.1) is 0 Å². The number of hydrogen-bond acceptors (Lipinski definition) is 6. The normalized spacial score (nSPS) is 29.5. The molecule has 2 aliphatic heterocycles. The van der Waals surface area contributed by atoms with Crippen molar-refractivity contribution in [3.05, 3.63) is 23.7 Å². The molecule has 9 heteroatoms. The van der Waals surface area contributed by atoms with E-state index in [4.69, 9.17) is 30.2 Å². The Labute approximate surface area is 177 Å². The summed E-state index contributed by atoms with van der Waals surface area (Å²) in [4.78, 5) is 8.47. The molecule has 0 radical (unpaired) electrons. The number of rotatable bonds is 4. The third-order valence-corrected chi connectivity index (χ3v) is 11.1. The van der Waals surface area contributed by atoms with Crippen LogP contribution in [0.1, 0.15) is 40.8 Å². The lowest BCUT2D eigenvalue weighted by Crippen LogP contribution is -2.44. The van der Waals surface area contributed by atoms with Crippen molar-refractivity contribution < 1.29 is 18.6 Å². The first-order chi connectivity index (χ1) is 13.4. The van der Waals surface area contributed by atoms with Crippen molar-refractivity contribution in [2.45, 2.75) is 83.1 Å². The summed E-state index contributed by atoms with van der Waals surface area (Å²) < 4.78 is 27.3. The van der Waals surface area contributed by atoms with Crippen LogP contribution in [0.2, 0.25) is 23.3 Å². The van der Waals surface area contributed by atoms with Crippen molar-refractivity contribution in [1.29, 1.82) is 0 Å². The van der Waals surface area contributed by atoms with Gasteiger partial charge in [0.05, 0.1) is 12.0 Å².